The molecule has 0 fully saturated rings. The second-order valence-corrected chi connectivity index (χ2v) is 6.71. The molecule has 0 saturated heterocycles. The molecule has 1 aliphatic rings. The molecule has 0 radical (unpaired) electrons. The summed E-state index contributed by atoms with van der Waals surface area (Å²) in [5, 5.41) is 0. The Morgan fingerprint density at radius 1 is 1.23 bits per heavy atom. The number of halogens is 3. The van der Waals surface area contributed by atoms with Crippen LogP contribution in [-0.2, 0) is 25.5 Å². The summed E-state index contributed by atoms with van der Waals surface area (Å²) in [7, 11) is -5.79. The average Bonchev–Trinajstić information content (AvgIpc) is 2.66. The van der Waals surface area contributed by atoms with Gasteiger partial charge < -0.3 is 4.18 Å². The largest absolute Gasteiger partial charge is 0.534 e. The highest BCUT2D eigenvalue weighted by Crippen LogP contribution is 2.42. The van der Waals surface area contributed by atoms with Crippen LogP contribution in [0, 0.1) is 5.41 Å². The lowest BCUT2D eigenvalue weighted by atomic mass is 9.81. The number of allylic oxidation sites excluding steroid dienone is 2. The number of rotatable bonds is 4. The van der Waals surface area contributed by atoms with Gasteiger partial charge in [0.05, 0.1) is 5.41 Å². The van der Waals surface area contributed by atoms with Gasteiger partial charge in [0, 0.05) is 6.42 Å². The van der Waals surface area contributed by atoms with Crippen molar-refractivity contribution in [2.45, 2.75) is 25.3 Å². The SMILES string of the molecule is CC1(Cc2ccccc2)C(=O)CC=C1OS(=O)(=O)C(F)(F)F. The first kappa shape index (κ1) is 16.5. The van der Waals surface area contributed by atoms with Crippen LogP contribution in [0.1, 0.15) is 18.9 Å². The number of ketones is 1. The second-order valence-electron chi connectivity index (χ2n) is 5.17. The second kappa shape index (κ2) is 5.42. The van der Waals surface area contributed by atoms with Gasteiger partial charge in [-0.15, -0.1) is 0 Å². The Morgan fingerprint density at radius 2 is 1.82 bits per heavy atom. The minimum Gasteiger partial charge on any atom is -0.380 e. The zero-order chi connectivity index (χ0) is 16.6. The fourth-order valence-corrected chi connectivity index (χ4v) is 2.84. The molecule has 8 heteroatoms. The summed E-state index contributed by atoms with van der Waals surface area (Å²) < 4.78 is 63.8. The van der Waals surface area contributed by atoms with Gasteiger partial charge in [-0.3, -0.25) is 4.79 Å². The van der Waals surface area contributed by atoms with E-state index >= 15 is 0 Å². The Bertz CT molecular complexity index is 707. The molecule has 1 unspecified atom stereocenters. The summed E-state index contributed by atoms with van der Waals surface area (Å²) in [5.41, 5.74) is -6.27. The molecular formula is C14H13F3O4S. The van der Waals surface area contributed by atoms with Crippen molar-refractivity contribution < 1.29 is 30.6 Å². The third-order valence-electron chi connectivity index (χ3n) is 3.52. The topological polar surface area (TPSA) is 60.4 Å². The van der Waals surface area contributed by atoms with E-state index in [4.69, 9.17) is 0 Å². The summed E-state index contributed by atoms with van der Waals surface area (Å²) in [5.74, 6) is -0.859. The van der Waals surface area contributed by atoms with Crippen LogP contribution in [-0.4, -0.2) is 19.7 Å². The zero-order valence-electron chi connectivity index (χ0n) is 11.6. The Labute approximate surface area is 125 Å². The van der Waals surface area contributed by atoms with Crippen LogP contribution >= 0.6 is 0 Å². The molecule has 0 bridgehead atoms. The molecular weight excluding hydrogens is 321 g/mol. The number of benzene rings is 1. The first-order chi connectivity index (χ1) is 10.1. The number of Topliss-reactive ketones (excluding diaryl/α,β-unsaturated/α-hetero) is 1. The van der Waals surface area contributed by atoms with Gasteiger partial charge in [-0.1, -0.05) is 30.3 Å². The number of hydrogen-bond donors (Lipinski definition) is 0. The van der Waals surface area contributed by atoms with Crippen LogP contribution < -0.4 is 0 Å². The van der Waals surface area contributed by atoms with Gasteiger partial charge in [-0.05, 0) is 25.0 Å². The molecule has 2 rings (SSSR count). The average molecular weight is 334 g/mol. The maximum Gasteiger partial charge on any atom is 0.534 e. The molecule has 0 saturated carbocycles. The fraction of sp³-hybridized carbons (Fsp3) is 0.357. The Hall–Kier alpha value is -1.83. The van der Waals surface area contributed by atoms with E-state index in [1.54, 1.807) is 30.3 Å². The highest BCUT2D eigenvalue weighted by Gasteiger charge is 2.52. The molecule has 0 amide bonds. The third-order valence-corrected chi connectivity index (χ3v) is 4.48. The van der Waals surface area contributed by atoms with Gasteiger partial charge in [0.1, 0.15) is 5.76 Å². The lowest BCUT2D eigenvalue weighted by molar-refractivity contribution is -0.125. The molecule has 1 aliphatic carbocycles. The molecule has 0 aromatic heterocycles. The normalized spacial score (nSPS) is 22.5. The lowest BCUT2D eigenvalue weighted by Gasteiger charge is -2.26. The van der Waals surface area contributed by atoms with E-state index in [0.29, 0.717) is 5.56 Å². The van der Waals surface area contributed by atoms with Crippen molar-refractivity contribution in [3.63, 3.8) is 0 Å². The van der Waals surface area contributed by atoms with E-state index in [2.05, 4.69) is 4.18 Å². The summed E-state index contributed by atoms with van der Waals surface area (Å²) in [4.78, 5) is 12.0. The van der Waals surface area contributed by atoms with Gasteiger partial charge in [0.25, 0.3) is 0 Å². The van der Waals surface area contributed by atoms with Crippen LogP contribution in [0.25, 0.3) is 0 Å². The van der Waals surface area contributed by atoms with Crippen LogP contribution in [0.3, 0.4) is 0 Å². The zero-order valence-corrected chi connectivity index (χ0v) is 12.4. The third kappa shape index (κ3) is 3.01. The maximum atomic E-state index is 12.4. The van der Waals surface area contributed by atoms with Crippen molar-refractivity contribution in [2.75, 3.05) is 0 Å². The minimum absolute atomic E-state index is 0.0614. The smallest absolute Gasteiger partial charge is 0.380 e. The predicted octanol–water partition coefficient (Wildman–Crippen LogP) is 2.96. The van der Waals surface area contributed by atoms with Gasteiger partial charge in [0.15, 0.2) is 5.78 Å². The van der Waals surface area contributed by atoms with Crippen LogP contribution in [0.5, 0.6) is 0 Å². The van der Waals surface area contributed by atoms with E-state index < -0.39 is 26.8 Å². The van der Waals surface area contributed by atoms with E-state index in [1.165, 1.54) is 6.92 Å². The van der Waals surface area contributed by atoms with Crippen molar-refractivity contribution in [2.24, 2.45) is 5.41 Å². The van der Waals surface area contributed by atoms with Gasteiger partial charge in [-0.25, -0.2) is 0 Å². The van der Waals surface area contributed by atoms with Crippen molar-refractivity contribution >= 4 is 15.9 Å². The van der Waals surface area contributed by atoms with Crippen LogP contribution in [0.4, 0.5) is 13.2 Å². The predicted molar refractivity (Wildman–Crippen MR) is 72.0 cm³/mol. The molecule has 0 aliphatic heterocycles. The Morgan fingerprint density at radius 3 is 2.36 bits per heavy atom. The molecule has 1 aromatic rings. The van der Waals surface area contributed by atoms with Crippen molar-refractivity contribution in [3.8, 4) is 0 Å². The molecule has 1 atom stereocenters. The Balaban J connectivity index is 2.30. The molecule has 22 heavy (non-hydrogen) atoms. The van der Waals surface area contributed by atoms with Crippen LogP contribution in [0.15, 0.2) is 42.2 Å². The first-order valence-electron chi connectivity index (χ1n) is 6.35. The van der Waals surface area contributed by atoms with E-state index in [9.17, 15) is 26.4 Å². The summed E-state index contributed by atoms with van der Waals surface area (Å²) in [6.45, 7) is 1.38. The standard InChI is InChI=1S/C14H13F3O4S/c1-13(9-10-5-3-2-4-6-10)11(18)7-8-12(13)21-22(19,20)14(15,16)17/h2-6,8H,7,9H2,1H3. The molecule has 1 aromatic carbocycles. The minimum atomic E-state index is -5.79. The highest BCUT2D eigenvalue weighted by molar-refractivity contribution is 7.87. The van der Waals surface area contributed by atoms with Crippen molar-refractivity contribution in [1.82, 2.24) is 0 Å². The molecule has 0 heterocycles. The van der Waals surface area contributed by atoms with E-state index in [-0.39, 0.29) is 18.6 Å². The summed E-state index contributed by atoms with van der Waals surface area (Å²) >= 11 is 0. The highest BCUT2D eigenvalue weighted by atomic mass is 32.2. The van der Waals surface area contributed by atoms with Gasteiger partial charge >= 0.3 is 15.6 Å². The monoisotopic (exact) mass is 334 g/mol. The maximum absolute atomic E-state index is 12.4. The van der Waals surface area contributed by atoms with Crippen molar-refractivity contribution in [3.05, 3.63) is 47.7 Å². The quantitative estimate of drug-likeness (QED) is 0.627. The first-order valence-corrected chi connectivity index (χ1v) is 7.76. The van der Waals surface area contributed by atoms with Crippen molar-refractivity contribution in [1.29, 1.82) is 0 Å². The Kier molecular flexibility index (Phi) is 4.08. The number of hydrogen-bond acceptors (Lipinski definition) is 4. The summed E-state index contributed by atoms with van der Waals surface area (Å²) in [6, 6.07) is 8.59. The van der Waals surface area contributed by atoms with E-state index in [0.717, 1.165) is 6.08 Å². The molecule has 4 nitrogen and oxygen atoms in total. The fourth-order valence-electron chi connectivity index (χ4n) is 2.25. The number of carbonyl (C=O) groups is 1. The van der Waals surface area contributed by atoms with E-state index in [1.807, 2.05) is 0 Å². The van der Waals surface area contributed by atoms with Gasteiger partial charge in [-0.2, -0.15) is 21.6 Å². The number of alkyl halides is 3. The van der Waals surface area contributed by atoms with Gasteiger partial charge in [0.2, 0.25) is 0 Å². The lowest BCUT2D eigenvalue weighted by Crippen LogP contribution is -2.33. The molecule has 0 N–H and O–H groups in total. The molecule has 0 spiro atoms. The number of carbonyl (C=O) groups excluding carboxylic acids is 1. The molecule has 120 valence electrons. The van der Waals surface area contributed by atoms with Crippen LogP contribution in [0.2, 0.25) is 0 Å². The summed E-state index contributed by atoms with van der Waals surface area (Å²) in [6.07, 6.45) is 0.993.